The predicted molar refractivity (Wildman–Crippen MR) is 149 cm³/mol. The fourth-order valence-electron chi connectivity index (χ4n) is 6.52. The van der Waals surface area contributed by atoms with Crippen molar-refractivity contribution in [2.45, 2.75) is 17.5 Å². The van der Waals surface area contributed by atoms with Gasteiger partial charge in [-0.05, 0) is 64.5 Å². The highest BCUT2D eigenvalue weighted by Gasteiger charge is 2.70. The molecule has 7 heteroatoms. The molecule has 4 aromatic rings. The number of fused-ring (bicyclic) bond motifs is 6. The molecule has 0 radical (unpaired) electrons. The highest BCUT2D eigenvalue weighted by Crippen LogP contribution is 2.62. The van der Waals surface area contributed by atoms with Gasteiger partial charge in [-0.2, -0.15) is 0 Å². The van der Waals surface area contributed by atoms with E-state index >= 15 is 0 Å². The Labute approximate surface area is 228 Å². The molecule has 0 aliphatic carbocycles. The fourth-order valence-corrected chi connectivity index (χ4v) is 7.35. The number of amides is 1. The highest BCUT2D eigenvalue weighted by atomic mass is 35.5. The Morgan fingerprint density at radius 3 is 2.45 bits per heavy atom. The number of anilines is 1. The third kappa shape index (κ3) is 3.08. The Morgan fingerprint density at radius 2 is 1.66 bits per heavy atom. The van der Waals surface area contributed by atoms with Crippen LogP contribution >= 0.6 is 22.9 Å². The SMILES string of the molecule is O=C(c1ccc(Cl)cc1)C1C(C(=O)c2cccs2)C2(C(=O)Nc3ccccc32)C2c3ccccc3C=CN12. The zero-order valence-electron chi connectivity index (χ0n) is 20.0. The van der Waals surface area contributed by atoms with Crippen molar-refractivity contribution < 1.29 is 14.4 Å². The lowest BCUT2D eigenvalue weighted by Crippen LogP contribution is -2.49. The zero-order chi connectivity index (χ0) is 26.0. The van der Waals surface area contributed by atoms with E-state index < -0.39 is 23.4 Å². The number of hydrogen-bond donors (Lipinski definition) is 1. The van der Waals surface area contributed by atoms with Crippen LogP contribution in [0.5, 0.6) is 0 Å². The van der Waals surface area contributed by atoms with E-state index in [-0.39, 0.29) is 17.5 Å². The van der Waals surface area contributed by atoms with Gasteiger partial charge in [-0.15, -0.1) is 11.3 Å². The molecule has 3 aliphatic rings. The number of carbonyl (C=O) groups is 3. The molecule has 4 atom stereocenters. The second-order valence-electron chi connectivity index (χ2n) is 9.80. The number of Topliss-reactive ketones (excluding diaryl/α,β-unsaturated/α-hetero) is 2. The van der Waals surface area contributed by atoms with Gasteiger partial charge in [0.25, 0.3) is 0 Å². The fraction of sp³-hybridized carbons (Fsp3) is 0.129. The largest absolute Gasteiger partial charge is 0.358 e. The number of benzene rings is 3. The summed E-state index contributed by atoms with van der Waals surface area (Å²) in [5.41, 5.74) is 2.42. The van der Waals surface area contributed by atoms with Crippen LogP contribution in [0, 0.1) is 5.92 Å². The minimum absolute atomic E-state index is 0.209. The van der Waals surface area contributed by atoms with Crippen molar-refractivity contribution in [2.24, 2.45) is 5.92 Å². The maximum atomic E-state index is 14.5. The smallest absolute Gasteiger partial charge is 0.238 e. The van der Waals surface area contributed by atoms with Crippen LogP contribution in [0.1, 0.15) is 42.8 Å². The number of ketones is 2. The number of hydrogen-bond acceptors (Lipinski definition) is 5. The molecule has 1 fully saturated rings. The summed E-state index contributed by atoms with van der Waals surface area (Å²) in [5.74, 6) is -1.66. The predicted octanol–water partition coefficient (Wildman–Crippen LogP) is 6.38. The van der Waals surface area contributed by atoms with Crippen LogP contribution in [0.3, 0.4) is 0 Å². The summed E-state index contributed by atoms with van der Waals surface area (Å²) in [7, 11) is 0. The van der Waals surface area contributed by atoms with E-state index in [1.807, 2.05) is 77.2 Å². The summed E-state index contributed by atoms with van der Waals surface area (Å²) in [5, 5.41) is 5.42. The lowest BCUT2D eigenvalue weighted by molar-refractivity contribution is -0.122. The maximum absolute atomic E-state index is 14.5. The first-order chi connectivity index (χ1) is 18.5. The molecule has 4 heterocycles. The summed E-state index contributed by atoms with van der Waals surface area (Å²) in [6.07, 6.45) is 3.83. The number of carbonyl (C=O) groups excluding carboxylic acids is 3. The molecule has 186 valence electrons. The number of nitrogens with one attached hydrogen (secondary N) is 1. The monoisotopic (exact) mass is 536 g/mol. The first-order valence-electron chi connectivity index (χ1n) is 12.3. The first kappa shape index (κ1) is 23.1. The molecule has 7 rings (SSSR count). The summed E-state index contributed by atoms with van der Waals surface area (Å²) < 4.78 is 0. The van der Waals surface area contributed by atoms with Crippen molar-refractivity contribution in [3.63, 3.8) is 0 Å². The molecule has 3 aliphatic heterocycles. The van der Waals surface area contributed by atoms with Crippen LogP contribution in [0.25, 0.3) is 6.08 Å². The third-order valence-corrected chi connectivity index (χ3v) is 9.15. The Kier molecular flexibility index (Phi) is 5.18. The van der Waals surface area contributed by atoms with Gasteiger partial charge in [0, 0.05) is 22.5 Å². The second kappa shape index (κ2) is 8.51. The molecule has 1 aromatic heterocycles. The zero-order valence-corrected chi connectivity index (χ0v) is 21.6. The molecule has 3 aromatic carbocycles. The van der Waals surface area contributed by atoms with Crippen molar-refractivity contribution in [1.82, 2.24) is 4.90 Å². The minimum Gasteiger partial charge on any atom is -0.358 e. The van der Waals surface area contributed by atoms with Gasteiger partial charge in [0.1, 0.15) is 11.5 Å². The Bertz CT molecular complexity index is 1650. The molecule has 0 bridgehead atoms. The van der Waals surface area contributed by atoms with Crippen LogP contribution in [0.4, 0.5) is 5.69 Å². The van der Waals surface area contributed by atoms with Gasteiger partial charge < -0.3 is 10.2 Å². The average Bonchev–Trinajstić information content (AvgIpc) is 3.65. The van der Waals surface area contributed by atoms with E-state index in [1.165, 1.54) is 11.3 Å². The molecule has 1 N–H and O–H groups in total. The van der Waals surface area contributed by atoms with E-state index in [0.717, 1.165) is 16.7 Å². The molecule has 1 amide bonds. The lowest BCUT2D eigenvalue weighted by Gasteiger charge is -2.38. The number of para-hydroxylation sites is 1. The second-order valence-corrected chi connectivity index (χ2v) is 11.2. The standard InChI is InChI=1S/C31H21ClN2O3S/c32-20-13-11-19(12-14-20)27(35)26-25(28(36)24-10-5-17-38-24)31(22-8-3-4-9-23(22)33-30(31)37)29-21-7-2-1-6-18(21)15-16-34(26)29/h1-17,25-26,29H,(H,33,37). The van der Waals surface area contributed by atoms with E-state index in [9.17, 15) is 14.4 Å². The van der Waals surface area contributed by atoms with Crippen molar-refractivity contribution in [3.05, 3.63) is 129 Å². The van der Waals surface area contributed by atoms with E-state index in [2.05, 4.69) is 5.32 Å². The van der Waals surface area contributed by atoms with Gasteiger partial charge >= 0.3 is 0 Å². The van der Waals surface area contributed by atoms with Gasteiger partial charge in [-0.25, -0.2) is 0 Å². The third-order valence-electron chi connectivity index (χ3n) is 8.01. The van der Waals surface area contributed by atoms with Gasteiger partial charge in [-0.3, -0.25) is 14.4 Å². The lowest BCUT2D eigenvalue weighted by atomic mass is 9.63. The average molecular weight is 537 g/mol. The number of rotatable bonds is 4. The first-order valence-corrected chi connectivity index (χ1v) is 13.6. The Hall–Kier alpha value is -4.00. The summed E-state index contributed by atoms with van der Waals surface area (Å²) >= 11 is 7.45. The Morgan fingerprint density at radius 1 is 0.895 bits per heavy atom. The van der Waals surface area contributed by atoms with Crippen LogP contribution in [0.15, 0.2) is 96.5 Å². The maximum Gasteiger partial charge on any atom is 0.238 e. The summed E-state index contributed by atoms with van der Waals surface area (Å²) in [6.45, 7) is 0. The van der Waals surface area contributed by atoms with Crippen molar-refractivity contribution in [2.75, 3.05) is 5.32 Å². The van der Waals surface area contributed by atoms with Crippen molar-refractivity contribution in [3.8, 4) is 0 Å². The van der Waals surface area contributed by atoms with Gasteiger partial charge in [0.05, 0.1) is 16.8 Å². The normalized spacial score (nSPS) is 24.6. The van der Waals surface area contributed by atoms with Crippen molar-refractivity contribution >= 4 is 52.2 Å². The molecular weight excluding hydrogens is 516 g/mol. The highest BCUT2D eigenvalue weighted by molar-refractivity contribution is 7.12. The van der Waals surface area contributed by atoms with E-state index in [0.29, 0.717) is 21.2 Å². The van der Waals surface area contributed by atoms with Crippen LogP contribution < -0.4 is 5.32 Å². The van der Waals surface area contributed by atoms with E-state index in [4.69, 9.17) is 11.6 Å². The topological polar surface area (TPSA) is 66.5 Å². The summed E-state index contributed by atoms with van der Waals surface area (Å²) in [6, 6.07) is 24.2. The van der Waals surface area contributed by atoms with Gasteiger partial charge in [-0.1, -0.05) is 60.1 Å². The van der Waals surface area contributed by atoms with Crippen LogP contribution in [0.2, 0.25) is 5.02 Å². The molecular formula is C31H21ClN2O3S. The molecule has 1 spiro atoms. The molecule has 1 saturated heterocycles. The number of halogens is 1. The molecule has 4 unspecified atom stereocenters. The van der Waals surface area contributed by atoms with Crippen LogP contribution in [-0.4, -0.2) is 28.4 Å². The van der Waals surface area contributed by atoms with Gasteiger partial charge in [0.15, 0.2) is 11.6 Å². The molecule has 38 heavy (non-hydrogen) atoms. The number of nitrogens with zero attached hydrogens (tertiary/aromatic N) is 1. The minimum atomic E-state index is -1.31. The van der Waals surface area contributed by atoms with Gasteiger partial charge in [0.2, 0.25) is 5.91 Å². The van der Waals surface area contributed by atoms with E-state index in [1.54, 1.807) is 30.3 Å². The number of thiophene rings is 1. The van der Waals surface area contributed by atoms with Crippen molar-refractivity contribution in [1.29, 1.82) is 0 Å². The molecule has 5 nitrogen and oxygen atoms in total. The Balaban J connectivity index is 1.54. The summed E-state index contributed by atoms with van der Waals surface area (Å²) in [4.78, 5) is 45.6. The van der Waals surface area contributed by atoms with Crippen LogP contribution in [-0.2, 0) is 10.2 Å². The quantitative estimate of drug-likeness (QED) is 0.307. The molecule has 0 saturated carbocycles.